The summed E-state index contributed by atoms with van der Waals surface area (Å²) in [5, 5.41) is 8.52. The van der Waals surface area contributed by atoms with Crippen LogP contribution in [0.25, 0.3) is 11.0 Å². The summed E-state index contributed by atoms with van der Waals surface area (Å²) < 4.78 is 1.77. The van der Waals surface area contributed by atoms with Gasteiger partial charge in [-0.1, -0.05) is 26.0 Å². The first-order valence-corrected chi connectivity index (χ1v) is 9.24. The maximum Gasteiger partial charge on any atom is 0.252 e. The smallest absolute Gasteiger partial charge is 0.252 e. The quantitative estimate of drug-likeness (QED) is 0.870. The summed E-state index contributed by atoms with van der Waals surface area (Å²) in [7, 11) is 1.88. The van der Waals surface area contributed by atoms with Gasteiger partial charge in [0.05, 0.1) is 16.6 Å². The summed E-state index contributed by atoms with van der Waals surface area (Å²) in [6, 6.07) is 1.94. The van der Waals surface area contributed by atoms with Crippen molar-refractivity contribution in [3.8, 4) is 0 Å². The highest BCUT2D eigenvalue weighted by atomic mass is 16.1. The Balaban J connectivity index is 1.62. The largest absolute Gasteiger partial charge is 0.352 e. The molecule has 2 aromatic heterocycles. The summed E-state index contributed by atoms with van der Waals surface area (Å²) in [4.78, 5) is 17.7. The van der Waals surface area contributed by atoms with E-state index in [1.165, 1.54) is 12.8 Å². The van der Waals surface area contributed by atoms with Crippen LogP contribution in [-0.2, 0) is 7.05 Å². The third-order valence-corrected chi connectivity index (χ3v) is 5.77. The van der Waals surface area contributed by atoms with Crippen molar-refractivity contribution in [2.24, 2.45) is 24.8 Å². The second kappa shape index (κ2) is 5.97. The first-order chi connectivity index (χ1) is 11.9. The highest BCUT2D eigenvalue weighted by molar-refractivity contribution is 6.06. The summed E-state index contributed by atoms with van der Waals surface area (Å²) >= 11 is 0. The van der Waals surface area contributed by atoms with Crippen LogP contribution in [0.5, 0.6) is 0 Å². The number of nitrogens with zero attached hydrogens (tertiary/aromatic N) is 3. The third-order valence-electron chi connectivity index (χ3n) is 5.77. The normalized spacial score (nSPS) is 24.6. The van der Waals surface area contributed by atoms with Crippen LogP contribution in [0.15, 0.2) is 18.2 Å². The average Bonchev–Trinajstić information content (AvgIpc) is 3.27. The molecule has 132 valence electrons. The number of allylic oxidation sites excluding steroid dienone is 2. The number of carbonyl (C=O) groups excluding carboxylic acids is 1. The molecule has 25 heavy (non-hydrogen) atoms. The van der Waals surface area contributed by atoms with E-state index in [0.29, 0.717) is 17.4 Å². The fraction of sp³-hybridized carbons (Fsp3) is 0.550. The van der Waals surface area contributed by atoms with E-state index in [2.05, 4.69) is 36.4 Å². The predicted molar refractivity (Wildman–Crippen MR) is 98.5 cm³/mol. The van der Waals surface area contributed by atoms with E-state index < -0.39 is 0 Å². The van der Waals surface area contributed by atoms with Gasteiger partial charge in [0.25, 0.3) is 5.91 Å². The van der Waals surface area contributed by atoms with Gasteiger partial charge < -0.3 is 5.32 Å². The van der Waals surface area contributed by atoms with Crippen LogP contribution in [-0.4, -0.2) is 27.2 Å². The van der Waals surface area contributed by atoms with Crippen molar-refractivity contribution in [3.63, 3.8) is 0 Å². The van der Waals surface area contributed by atoms with Crippen LogP contribution in [0.1, 0.15) is 54.4 Å². The van der Waals surface area contributed by atoms with Crippen molar-refractivity contribution in [2.75, 3.05) is 6.54 Å². The fourth-order valence-electron chi connectivity index (χ4n) is 4.39. The molecule has 1 fully saturated rings. The Morgan fingerprint density at radius 2 is 2.16 bits per heavy atom. The molecular formula is C20H26N4O. The Morgan fingerprint density at radius 1 is 1.36 bits per heavy atom. The molecule has 2 heterocycles. The standard InChI is InChI=1S/C20H26N4O/c1-11(2)17-9-16(18-12(3)23-24(4)19(18)22-17)20(25)21-10-15-8-13-5-6-14(15)7-13/h5-6,9,11,13-15H,7-8,10H2,1-4H3,(H,21,25)/t13-,14-,15+/m1/s1. The molecule has 5 nitrogen and oxygen atoms in total. The SMILES string of the molecule is Cc1nn(C)c2nc(C(C)C)cc(C(=O)NC[C@@H]3C[C@@H]4C=C[C@@H]3C4)c12. The van der Waals surface area contributed by atoms with Gasteiger partial charge in [-0.15, -0.1) is 0 Å². The molecule has 1 amide bonds. The van der Waals surface area contributed by atoms with E-state index in [1.54, 1.807) is 4.68 Å². The minimum absolute atomic E-state index is 0.00264. The molecule has 2 bridgehead atoms. The van der Waals surface area contributed by atoms with Gasteiger partial charge in [-0.25, -0.2) is 4.98 Å². The molecule has 1 saturated carbocycles. The molecule has 1 N–H and O–H groups in total. The summed E-state index contributed by atoms with van der Waals surface area (Å²) in [6.45, 7) is 6.89. The van der Waals surface area contributed by atoms with Gasteiger partial charge in [0, 0.05) is 19.3 Å². The van der Waals surface area contributed by atoms with Crippen LogP contribution < -0.4 is 5.32 Å². The molecule has 2 aliphatic carbocycles. The van der Waals surface area contributed by atoms with Crippen molar-refractivity contribution in [1.29, 1.82) is 0 Å². The van der Waals surface area contributed by atoms with Crippen LogP contribution in [0, 0.1) is 24.7 Å². The zero-order valence-corrected chi connectivity index (χ0v) is 15.4. The van der Waals surface area contributed by atoms with Crippen LogP contribution in [0.3, 0.4) is 0 Å². The van der Waals surface area contributed by atoms with Crippen molar-refractivity contribution in [3.05, 3.63) is 35.2 Å². The number of rotatable bonds is 4. The molecule has 0 unspecified atom stereocenters. The maximum atomic E-state index is 13.0. The fourth-order valence-corrected chi connectivity index (χ4v) is 4.39. The molecule has 2 aliphatic rings. The lowest BCUT2D eigenvalue weighted by molar-refractivity contribution is 0.0946. The van der Waals surface area contributed by atoms with Crippen molar-refractivity contribution >= 4 is 16.9 Å². The second-order valence-corrected chi connectivity index (χ2v) is 7.91. The average molecular weight is 338 g/mol. The zero-order chi connectivity index (χ0) is 17.7. The number of hydrogen-bond acceptors (Lipinski definition) is 3. The number of hydrogen-bond donors (Lipinski definition) is 1. The molecule has 2 aromatic rings. The van der Waals surface area contributed by atoms with Crippen molar-refractivity contribution in [2.45, 2.75) is 39.5 Å². The Morgan fingerprint density at radius 3 is 2.80 bits per heavy atom. The maximum absolute atomic E-state index is 13.0. The van der Waals surface area contributed by atoms with E-state index in [0.717, 1.165) is 34.9 Å². The van der Waals surface area contributed by atoms with E-state index >= 15 is 0 Å². The lowest BCUT2D eigenvalue weighted by atomic mass is 9.93. The summed E-state index contributed by atoms with van der Waals surface area (Å²) in [6.07, 6.45) is 7.14. The van der Waals surface area contributed by atoms with E-state index in [1.807, 2.05) is 20.0 Å². The van der Waals surface area contributed by atoms with Gasteiger partial charge in [0.15, 0.2) is 5.65 Å². The Bertz CT molecular complexity index is 864. The number of nitrogens with one attached hydrogen (secondary N) is 1. The monoisotopic (exact) mass is 338 g/mol. The first kappa shape index (κ1) is 16.3. The minimum Gasteiger partial charge on any atom is -0.352 e. The van der Waals surface area contributed by atoms with Gasteiger partial charge in [0.1, 0.15) is 0 Å². The number of amides is 1. The van der Waals surface area contributed by atoms with Crippen molar-refractivity contribution in [1.82, 2.24) is 20.1 Å². The molecule has 3 atom stereocenters. The molecule has 0 saturated heterocycles. The van der Waals surface area contributed by atoms with Crippen LogP contribution in [0.2, 0.25) is 0 Å². The number of pyridine rings is 1. The van der Waals surface area contributed by atoms with Gasteiger partial charge in [-0.2, -0.15) is 5.10 Å². The second-order valence-electron chi connectivity index (χ2n) is 7.91. The summed E-state index contributed by atoms with van der Waals surface area (Å²) in [5.41, 5.74) is 3.28. The van der Waals surface area contributed by atoms with E-state index in [9.17, 15) is 4.79 Å². The third kappa shape index (κ3) is 2.75. The molecular weight excluding hydrogens is 312 g/mol. The lowest BCUT2D eigenvalue weighted by Gasteiger charge is -2.19. The zero-order valence-electron chi connectivity index (χ0n) is 15.4. The summed E-state index contributed by atoms with van der Waals surface area (Å²) in [5.74, 6) is 2.22. The van der Waals surface area contributed by atoms with Gasteiger partial charge in [0.2, 0.25) is 0 Å². The number of aryl methyl sites for hydroxylation is 2. The minimum atomic E-state index is -0.00264. The molecule has 0 spiro atoms. The van der Waals surface area contributed by atoms with Crippen LogP contribution in [0.4, 0.5) is 0 Å². The highest BCUT2D eigenvalue weighted by Gasteiger charge is 2.35. The lowest BCUT2D eigenvalue weighted by Crippen LogP contribution is -2.31. The number of carbonyl (C=O) groups is 1. The van der Waals surface area contributed by atoms with Gasteiger partial charge in [-0.3, -0.25) is 9.48 Å². The molecule has 0 aromatic carbocycles. The molecule has 4 rings (SSSR count). The Kier molecular flexibility index (Phi) is 3.89. The highest BCUT2D eigenvalue weighted by Crippen LogP contribution is 2.43. The topological polar surface area (TPSA) is 59.8 Å². The van der Waals surface area contributed by atoms with Gasteiger partial charge in [-0.05, 0) is 49.5 Å². The van der Waals surface area contributed by atoms with E-state index in [4.69, 9.17) is 4.98 Å². The molecule has 0 radical (unpaired) electrons. The van der Waals surface area contributed by atoms with Gasteiger partial charge >= 0.3 is 0 Å². The number of fused-ring (bicyclic) bond motifs is 3. The first-order valence-electron chi connectivity index (χ1n) is 9.24. The van der Waals surface area contributed by atoms with Crippen molar-refractivity contribution < 1.29 is 4.79 Å². The Labute approximate surface area is 148 Å². The predicted octanol–water partition coefficient (Wildman–Crippen LogP) is 3.34. The molecule has 5 heteroatoms. The van der Waals surface area contributed by atoms with Crippen LogP contribution >= 0.6 is 0 Å². The Hall–Kier alpha value is -2.17. The van der Waals surface area contributed by atoms with E-state index in [-0.39, 0.29) is 11.8 Å². The number of aromatic nitrogens is 3. The molecule has 0 aliphatic heterocycles.